The fourth-order valence-electron chi connectivity index (χ4n) is 17.6. The summed E-state index contributed by atoms with van der Waals surface area (Å²) >= 11 is 0. The molecule has 0 spiro atoms. The van der Waals surface area contributed by atoms with Gasteiger partial charge in [0.25, 0.3) is 0 Å². The number of carbonyl (C=O) groups excluding carboxylic acids is 6. The van der Waals surface area contributed by atoms with Crippen molar-refractivity contribution in [3.05, 3.63) is 198 Å². The number of Topliss-reactive ketones (excluding diaryl/α,β-unsaturated/α-hetero) is 1. The van der Waals surface area contributed by atoms with E-state index in [-0.39, 0.29) is 46.6 Å². The maximum atomic E-state index is 13.8. The lowest BCUT2D eigenvalue weighted by Crippen LogP contribution is -2.36. The lowest BCUT2D eigenvalue weighted by molar-refractivity contribution is 0.0341. The average Bonchev–Trinajstić information content (AvgIpc) is 1.00. The zero-order chi connectivity index (χ0) is 89.9. The van der Waals surface area contributed by atoms with Gasteiger partial charge in [-0.25, -0.2) is 23.6 Å². The van der Waals surface area contributed by atoms with E-state index in [9.17, 15) is 47.9 Å². The van der Waals surface area contributed by atoms with Gasteiger partial charge >= 0.3 is 23.9 Å². The van der Waals surface area contributed by atoms with E-state index in [2.05, 4.69) is 85.7 Å². The van der Waals surface area contributed by atoms with Crippen molar-refractivity contribution in [3.8, 4) is 0 Å². The Morgan fingerprint density at radius 1 is 0.429 bits per heavy atom. The molecule has 29 nitrogen and oxygen atoms in total. The number of esters is 3. The predicted octanol–water partition coefficient (Wildman–Crippen LogP) is 11.2. The van der Waals surface area contributed by atoms with Crippen molar-refractivity contribution in [2.24, 2.45) is 0 Å². The Morgan fingerprint density at radius 3 is 1.21 bits per heavy atom. The quantitative estimate of drug-likeness (QED) is 0.0170. The molecule has 8 aliphatic rings. The number of anilines is 4. The van der Waals surface area contributed by atoms with Crippen LogP contribution in [0.3, 0.4) is 0 Å². The molecule has 9 heterocycles. The molecule has 684 valence electrons. The van der Waals surface area contributed by atoms with Gasteiger partial charge in [0.15, 0.2) is 5.78 Å². The number of halogens is 1. The first-order valence-corrected chi connectivity index (χ1v) is 43.8. The Morgan fingerprint density at radius 2 is 0.802 bits per heavy atom. The normalized spacial score (nSPS) is 19.5. The summed E-state index contributed by atoms with van der Waals surface area (Å²) in [6, 6.07) is 36.2. The van der Waals surface area contributed by atoms with Crippen molar-refractivity contribution in [2.45, 2.75) is 127 Å². The van der Waals surface area contributed by atoms with Crippen molar-refractivity contribution >= 4 is 75.9 Å². The van der Waals surface area contributed by atoms with Gasteiger partial charge < -0.3 is 87.1 Å². The van der Waals surface area contributed by atoms with Gasteiger partial charge in [-0.05, 0) is 190 Å². The van der Waals surface area contributed by atoms with Crippen LogP contribution >= 0.6 is 0 Å². The first-order valence-electron chi connectivity index (χ1n) is 43.8. The van der Waals surface area contributed by atoms with Crippen LogP contribution in [0.2, 0.25) is 0 Å². The van der Waals surface area contributed by atoms with E-state index in [4.69, 9.17) is 47.4 Å². The molecule has 0 aliphatic carbocycles. The fourth-order valence-corrected chi connectivity index (χ4v) is 17.6. The largest absolute Gasteiger partial charge is 0.478 e. The molecule has 7 aromatic rings. The van der Waals surface area contributed by atoms with Gasteiger partial charge in [-0.15, -0.1) is 0 Å². The van der Waals surface area contributed by atoms with Crippen molar-refractivity contribution in [1.82, 2.24) is 25.0 Å². The number of aldehydes is 2. The van der Waals surface area contributed by atoms with Crippen LogP contribution in [-0.2, 0) is 78.2 Å². The maximum absolute atomic E-state index is 13.8. The second-order valence-corrected chi connectivity index (χ2v) is 32.6. The first-order chi connectivity index (χ1) is 61.2. The highest BCUT2D eigenvalue weighted by molar-refractivity contribution is 6.03. The highest BCUT2D eigenvalue weighted by Crippen LogP contribution is 2.36. The molecule has 6 aromatic carbocycles. The molecule has 5 atom stereocenters. The number of fused-ring (bicyclic) bond motifs is 1. The van der Waals surface area contributed by atoms with E-state index in [1.165, 1.54) is 39.7 Å². The van der Waals surface area contributed by atoms with Gasteiger partial charge in [-0.1, -0.05) is 24.3 Å². The summed E-state index contributed by atoms with van der Waals surface area (Å²) in [5.41, 5.74) is 12.2. The highest BCUT2D eigenvalue weighted by atomic mass is 19.1. The summed E-state index contributed by atoms with van der Waals surface area (Å²) in [5, 5.41) is 14.0. The van der Waals surface area contributed by atoms with Crippen molar-refractivity contribution in [1.29, 1.82) is 0 Å². The average molecular weight is 1750 g/mol. The van der Waals surface area contributed by atoms with E-state index in [0.29, 0.717) is 73.5 Å². The smallest absolute Gasteiger partial charge is 0.340 e. The number of pyridine rings is 1. The number of ether oxygens (including phenoxy) is 11. The second-order valence-electron chi connectivity index (χ2n) is 32.6. The number of carboxylic acids is 1. The van der Waals surface area contributed by atoms with E-state index < -0.39 is 23.7 Å². The molecule has 0 radical (unpaired) electrons. The zero-order valence-corrected chi connectivity index (χ0v) is 74.7. The second kappa shape index (κ2) is 51.2. The number of rotatable bonds is 29. The fraction of sp³-hybridized carbons (Fsp3) is 0.521. The summed E-state index contributed by atoms with van der Waals surface area (Å²) in [6.45, 7) is 22.6. The summed E-state index contributed by atoms with van der Waals surface area (Å²) in [4.78, 5) is 113. The van der Waals surface area contributed by atoms with Crippen LogP contribution in [-0.4, -0.2) is 299 Å². The minimum atomic E-state index is -0.864. The summed E-state index contributed by atoms with van der Waals surface area (Å²) in [5.74, 6) is -2.94. The Labute approximate surface area is 739 Å². The van der Waals surface area contributed by atoms with Crippen molar-refractivity contribution in [3.63, 3.8) is 0 Å². The van der Waals surface area contributed by atoms with Crippen LogP contribution in [0, 0.1) is 12.7 Å². The molecule has 0 bridgehead atoms. The van der Waals surface area contributed by atoms with E-state index in [1.807, 2.05) is 49.4 Å². The minimum absolute atomic E-state index is 0.109. The number of ketones is 1. The number of carboxylic acid groups (broad SMARTS) is 1. The van der Waals surface area contributed by atoms with Crippen LogP contribution in [0.1, 0.15) is 165 Å². The molecule has 8 fully saturated rings. The molecule has 8 saturated heterocycles. The van der Waals surface area contributed by atoms with Gasteiger partial charge in [-0.3, -0.25) is 33.9 Å². The van der Waals surface area contributed by atoms with Crippen LogP contribution in [0.4, 0.5) is 27.1 Å². The summed E-state index contributed by atoms with van der Waals surface area (Å²) in [7, 11) is 12.5. The predicted molar refractivity (Wildman–Crippen MR) is 481 cm³/mol. The molecule has 126 heavy (non-hydrogen) atoms. The first kappa shape index (κ1) is 98.3. The number of carbonyl (C=O) groups is 7. The maximum Gasteiger partial charge on any atom is 0.340 e. The van der Waals surface area contributed by atoms with Gasteiger partial charge in [0.05, 0.1) is 157 Å². The van der Waals surface area contributed by atoms with Crippen molar-refractivity contribution in [2.75, 3.05) is 221 Å². The molecule has 0 amide bonds. The van der Waals surface area contributed by atoms with E-state index >= 15 is 0 Å². The molecule has 30 heteroatoms. The van der Waals surface area contributed by atoms with Gasteiger partial charge in [0.2, 0.25) is 5.56 Å². The number of aromatic carboxylic acids is 1. The third kappa shape index (κ3) is 28.0. The third-order valence-corrected chi connectivity index (χ3v) is 23.9. The number of morpholine rings is 3. The summed E-state index contributed by atoms with van der Waals surface area (Å²) in [6.07, 6.45) is 12.7. The number of benzene rings is 6. The molecule has 8 aliphatic heterocycles. The van der Waals surface area contributed by atoms with Crippen molar-refractivity contribution < 1.29 is 95.2 Å². The lowest BCUT2D eigenvalue weighted by Gasteiger charge is -2.30. The molecule has 3 N–H and O–H groups in total. The third-order valence-electron chi connectivity index (χ3n) is 23.9. The Hall–Kier alpha value is -9.93. The number of hydrogen-bond donors (Lipinski definition) is 3. The minimum Gasteiger partial charge on any atom is -0.478 e. The summed E-state index contributed by atoms with van der Waals surface area (Å²) < 4.78 is 69.7. The topological polar surface area (TPSA) is 309 Å². The molecule has 5 unspecified atom stereocenters. The number of H-pyrrole nitrogens is 1. The van der Waals surface area contributed by atoms with Gasteiger partial charge in [0, 0.05) is 172 Å². The SMILES string of the molecule is COC(=O)c1cc(C=O)ccc1F.COCC1CCCN1.COCC1CCCN1c1ccc(C=O)cc1C(=O)OC.COCC1CCCN1c1ccc(CN2CCOCC2)cc1C(=O)Cc1ccc2[nH]c(=O)cc(C)c2c1.COCC1CCCN1c1ccc(CN2CCOCC2)cc1C(=O)O.COCC1CCCN1c1ccc(CN2CCOCC2)cc1C(=O)OC. The molecular weight excluding hydrogens is 1620 g/mol. The monoisotopic (exact) mass is 1750 g/mol. The van der Waals surface area contributed by atoms with Crippen LogP contribution in [0.15, 0.2) is 120 Å². The standard InChI is InChI=1S/C29H35N3O4.C19H28N2O4.C18H26N2O4.C15H19NO4.C9H7FO3.C6H13NO/c1-20-14-29(34)30-26-7-5-21(15-24(20)26)17-28(33)25-16-22(18-31-10-12-36-13-11-31)6-8-27(25)32-9-3-4-23(32)19-35-2;1-23-14-16-4-3-7-21(16)18-6-5-15(12-17(18)19(22)24-2)13-20-8-10-25-11-9-20;1-23-13-15-3-2-6-20(15)17-5-4-14(11-16(17)18(21)22)12-19-7-9-24-10-8-19;1-19-10-12-4-3-7-16(12)14-6-5-11(9-17)8-13(14)15(18)20-2;1-13-9(12)7-4-6(5-11)2-3-8(7)10;1-8-5-6-3-2-4-7-6/h5-8,14-16,23H,3-4,9-13,17-19H2,1-2H3,(H,30,34);5-6,12,16H,3-4,7-11,13-14H2,1-2H3;4-5,11,15H,2-3,6-10,12-13H2,1H3,(H,21,22);5-6,8-9,12H,3-4,7,10H2,1-2H3;2-5H,1H3;6-7H,2-5H2,1H3. The van der Waals surface area contributed by atoms with Gasteiger partial charge in [0.1, 0.15) is 18.4 Å². The molecular formula is C96H128FN9O20. The number of aryl methyl sites for hydroxylation is 1. The van der Waals surface area contributed by atoms with Crippen LogP contribution < -0.4 is 30.5 Å². The molecule has 1 aromatic heterocycles. The number of nitrogens with one attached hydrogen (secondary N) is 2. The lowest BCUT2D eigenvalue weighted by atomic mass is 9.97. The number of aromatic amines is 1. The highest BCUT2D eigenvalue weighted by Gasteiger charge is 2.34. The molecule has 0 saturated carbocycles. The Balaban J connectivity index is 0.000000165. The Kier molecular flexibility index (Phi) is 39.9. The zero-order valence-electron chi connectivity index (χ0n) is 74.7. The van der Waals surface area contributed by atoms with E-state index in [0.717, 1.165) is 275 Å². The Bertz CT molecular complexity index is 4740. The van der Waals surface area contributed by atoms with E-state index in [1.54, 1.807) is 53.7 Å². The van der Waals surface area contributed by atoms with Crippen LogP contribution in [0.5, 0.6) is 0 Å². The molecule has 15 rings (SSSR count). The number of methoxy groups -OCH3 is 8. The van der Waals surface area contributed by atoms with Crippen LogP contribution in [0.25, 0.3) is 10.9 Å². The van der Waals surface area contributed by atoms with Gasteiger partial charge in [-0.2, -0.15) is 0 Å². The number of hydrogen-bond acceptors (Lipinski definition) is 27. The number of aromatic nitrogens is 1. The number of nitrogens with zero attached hydrogens (tertiary/aromatic N) is 7.